The van der Waals surface area contributed by atoms with Crippen LogP contribution >= 0.6 is 0 Å². The first-order valence-corrected chi connectivity index (χ1v) is 9.56. The Labute approximate surface area is 171 Å². The smallest absolute Gasteiger partial charge is 0.295 e. The van der Waals surface area contributed by atoms with Gasteiger partial charge in [0.2, 0.25) is 0 Å². The summed E-state index contributed by atoms with van der Waals surface area (Å²) in [6.07, 6.45) is 0.725. The number of aliphatic hydroxyl groups excluding tert-OH is 1. The van der Waals surface area contributed by atoms with Crippen molar-refractivity contribution < 1.29 is 19.4 Å². The van der Waals surface area contributed by atoms with Crippen LogP contribution in [-0.4, -0.2) is 60.9 Å². The normalized spacial score (nSPS) is 18.5. The lowest BCUT2D eigenvalue weighted by molar-refractivity contribution is -0.139. The number of aliphatic hydroxyl groups is 1. The lowest BCUT2D eigenvalue weighted by atomic mass is 9.95. The van der Waals surface area contributed by atoms with Gasteiger partial charge in [-0.1, -0.05) is 42.5 Å². The second-order valence-corrected chi connectivity index (χ2v) is 7.29. The number of ether oxygens (including phenoxy) is 1. The number of likely N-dealkylation sites (tertiary alicyclic amines) is 1. The van der Waals surface area contributed by atoms with E-state index >= 15 is 0 Å². The van der Waals surface area contributed by atoms with E-state index in [-0.39, 0.29) is 11.3 Å². The monoisotopic (exact) mass is 394 g/mol. The molecule has 2 aromatic rings. The molecule has 0 bridgehead atoms. The Balaban J connectivity index is 2.07. The molecule has 0 saturated carbocycles. The first-order chi connectivity index (χ1) is 13.9. The molecule has 0 unspecified atom stereocenters. The van der Waals surface area contributed by atoms with Crippen LogP contribution in [0.1, 0.15) is 23.6 Å². The molecule has 6 heteroatoms. The average molecular weight is 394 g/mol. The molecule has 0 aromatic heterocycles. The SMILES string of the molecule is COc1cccc(/C(O)=C2\C(=O)C(=O)N(CCCN(C)C)[C@@H]2c2ccccc2)c1. The van der Waals surface area contributed by atoms with Crippen molar-refractivity contribution in [3.63, 3.8) is 0 Å². The molecular formula is C23H26N2O4. The number of benzene rings is 2. The van der Waals surface area contributed by atoms with Crippen molar-refractivity contribution in [2.75, 3.05) is 34.3 Å². The van der Waals surface area contributed by atoms with Gasteiger partial charge in [-0.2, -0.15) is 0 Å². The zero-order valence-electron chi connectivity index (χ0n) is 17.0. The molecule has 1 atom stereocenters. The predicted molar refractivity (Wildman–Crippen MR) is 112 cm³/mol. The Bertz CT molecular complexity index is 921. The van der Waals surface area contributed by atoms with Crippen LogP contribution in [0.4, 0.5) is 0 Å². The first-order valence-electron chi connectivity index (χ1n) is 9.56. The molecule has 29 heavy (non-hydrogen) atoms. The predicted octanol–water partition coefficient (Wildman–Crippen LogP) is 3.07. The molecular weight excluding hydrogens is 368 g/mol. The highest BCUT2D eigenvalue weighted by Crippen LogP contribution is 2.39. The summed E-state index contributed by atoms with van der Waals surface area (Å²) in [5.74, 6) is -0.872. The van der Waals surface area contributed by atoms with Crippen LogP contribution in [0.15, 0.2) is 60.2 Å². The van der Waals surface area contributed by atoms with Gasteiger partial charge in [0, 0.05) is 12.1 Å². The zero-order chi connectivity index (χ0) is 21.0. The molecule has 1 heterocycles. The van der Waals surface area contributed by atoms with Crippen molar-refractivity contribution in [3.05, 3.63) is 71.3 Å². The van der Waals surface area contributed by atoms with E-state index in [9.17, 15) is 14.7 Å². The van der Waals surface area contributed by atoms with Gasteiger partial charge in [0.15, 0.2) is 0 Å². The summed E-state index contributed by atoms with van der Waals surface area (Å²) in [6, 6.07) is 15.6. The van der Waals surface area contributed by atoms with Crippen LogP contribution in [0.2, 0.25) is 0 Å². The van der Waals surface area contributed by atoms with Crippen molar-refractivity contribution in [1.29, 1.82) is 0 Å². The third-order valence-electron chi connectivity index (χ3n) is 5.00. The second kappa shape index (κ2) is 8.92. The van der Waals surface area contributed by atoms with Gasteiger partial charge in [-0.3, -0.25) is 9.59 Å². The van der Waals surface area contributed by atoms with Crippen molar-refractivity contribution in [2.24, 2.45) is 0 Å². The second-order valence-electron chi connectivity index (χ2n) is 7.29. The van der Waals surface area contributed by atoms with E-state index < -0.39 is 17.7 Å². The minimum atomic E-state index is -0.663. The van der Waals surface area contributed by atoms with Gasteiger partial charge in [-0.25, -0.2) is 0 Å². The standard InChI is InChI=1S/C23H26N2O4/c1-24(2)13-8-14-25-20(16-9-5-4-6-10-16)19(22(27)23(25)28)21(26)17-11-7-12-18(15-17)29-3/h4-7,9-12,15,20,26H,8,13-14H2,1-3H3/b21-19+/t20-/m1/s1. The Morgan fingerprint density at radius 2 is 1.83 bits per heavy atom. The third kappa shape index (κ3) is 4.32. The van der Waals surface area contributed by atoms with Gasteiger partial charge < -0.3 is 19.6 Å². The third-order valence-corrected chi connectivity index (χ3v) is 5.00. The summed E-state index contributed by atoms with van der Waals surface area (Å²) >= 11 is 0. The summed E-state index contributed by atoms with van der Waals surface area (Å²) in [4.78, 5) is 29.3. The van der Waals surface area contributed by atoms with Crippen LogP contribution in [0.3, 0.4) is 0 Å². The van der Waals surface area contributed by atoms with Crippen molar-refractivity contribution >= 4 is 17.4 Å². The topological polar surface area (TPSA) is 70.1 Å². The van der Waals surface area contributed by atoms with Gasteiger partial charge in [0.25, 0.3) is 11.7 Å². The molecule has 0 radical (unpaired) electrons. The van der Waals surface area contributed by atoms with Crippen molar-refractivity contribution in [1.82, 2.24) is 9.80 Å². The molecule has 0 spiro atoms. The van der Waals surface area contributed by atoms with Gasteiger partial charge in [-0.15, -0.1) is 0 Å². The summed E-state index contributed by atoms with van der Waals surface area (Å²) < 4.78 is 5.22. The Kier molecular flexibility index (Phi) is 6.34. The van der Waals surface area contributed by atoms with Gasteiger partial charge in [0.1, 0.15) is 11.5 Å². The van der Waals surface area contributed by atoms with E-state index in [4.69, 9.17) is 4.74 Å². The van der Waals surface area contributed by atoms with E-state index in [0.717, 1.165) is 18.5 Å². The molecule has 1 fully saturated rings. The molecule has 152 valence electrons. The maximum atomic E-state index is 12.9. The molecule has 0 aliphatic carbocycles. The fourth-order valence-corrected chi connectivity index (χ4v) is 3.58. The van der Waals surface area contributed by atoms with E-state index in [1.54, 1.807) is 29.2 Å². The largest absolute Gasteiger partial charge is 0.507 e. The van der Waals surface area contributed by atoms with Crippen molar-refractivity contribution in [2.45, 2.75) is 12.5 Å². The highest BCUT2D eigenvalue weighted by atomic mass is 16.5. The Morgan fingerprint density at radius 1 is 1.10 bits per heavy atom. The number of carbonyl (C=O) groups excluding carboxylic acids is 2. The summed E-state index contributed by atoms with van der Waals surface area (Å²) in [5.41, 5.74) is 1.34. The number of nitrogens with zero attached hydrogens (tertiary/aromatic N) is 2. The van der Waals surface area contributed by atoms with Gasteiger partial charge in [-0.05, 0) is 44.8 Å². The van der Waals surface area contributed by atoms with E-state index in [2.05, 4.69) is 0 Å². The Hall–Kier alpha value is -3.12. The number of rotatable bonds is 7. The molecule has 1 N–H and O–H groups in total. The number of methoxy groups -OCH3 is 1. The zero-order valence-corrected chi connectivity index (χ0v) is 17.0. The summed E-state index contributed by atoms with van der Waals surface area (Å²) in [6.45, 7) is 1.22. The minimum absolute atomic E-state index is 0.110. The van der Waals surface area contributed by atoms with E-state index in [1.807, 2.05) is 49.3 Å². The molecule has 1 saturated heterocycles. The number of hydrogen-bond acceptors (Lipinski definition) is 5. The fraction of sp³-hybridized carbons (Fsp3) is 0.304. The molecule has 3 rings (SSSR count). The maximum Gasteiger partial charge on any atom is 0.295 e. The number of ketones is 1. The molecule has 1 amide bonds. The highest BCUT2D eigenvalue weighted by Gasteiger charge is 2.45. The van der Waals surface area contributed by atoms with Crippen LogP contribution < -0.4 is 4.74 Å². The van der Waals surface area contributed by atoms with Crippen LogP contribution in [0, 0.1) is 0 Å². The number of Topliss-reactive ketones (excluding diaryl/α,β-unsaturated/α-hetero) is 1. The molecule has 1 aliphatic heterocycles. The lowest BCUT2D eigenvalue weighted by Crippen LogP contribution is -2.32. The quantitative estimate of drug-likeness (QED) is 0.444. The van der Waals surface area contributed by atoms with Crippen LogP contribution in [0.5, 0.6) is 5.75 Å². The van der Waals surface area contributed by atoms with Gasteiger partial charge in [0.05, 0.1) is 18.7 Å². The highest BCUT2D eigenvalue weighted by molar-refractivity contribution is 6.46. The maximum absolute atomic E-state index is 12.9. The van der Waals surface area contributed by atoms with Crippen LogP contribution in [-0.2, 0) is 9.59 Å². The van der Waals surface area contributed by atoms with Crippen molar-refractivity contribution in [3.8, 4) is 5.75 Å². The van der Waals surface area contributed by atoms with Crippen LogP contribution in [0.25, 0.3) is 5.76 Å². The van der Waals surface area contributed by atoms with E-state index in [0.29, 0.717) is 17.9 Å². The molecule has 6 nitrogen and oxygen atoms in total. The minimum Gasteiger partial charge on any atom is -0.507 e. The number of amides is 1. The number of hydrogen-bond donors (Lipinski definition) is 1. The Morgan fingerprint density at radius 3 is 2.48 bits per heavy atom. The molecule has 2 aromatic carbocycles. The lowest BCUT2D eigenvalue weighted by Gasteiger charge is -2.26. The fourth-order valence-electron chi connectivity index (χ4n) is 3.58. The average Bonchev–Trinajstić information content (AvgIpc) is 2.98. The first kappa shape index (κ1) is 20.6. The summed E-state index contributed by atoms with van der Waals surface area (Å²) in [7, 11) is 5.46. The van der Waals surface area contributed by atoms with Gasteiger partial charge >= 0.3 is 0 Å². The number of carbonyl (C=O) groups is 2. The van der Waals surface area contributed by atoms with E-state index in [1.165, 1.54) is 7.11 Å². The molecule has 1 aliphatic rings. The summed E-state index contributed by atoms with van der Waals surface area (Å²) in [5, 5.41) is 11.0.